The summed E-state index contributed by atoms with van der Waals surface area (Å²) in [7, 11) is 3.62. The average molecular weight is 400 g/mol. The molecular formula is C25H24N2O3. The first-order chi connectivity index (χ1) is 14.6. The maximum atomic E-state index is 12.8. The fourth-order valence-electron chi connectivity index (χ4n) is 4.54. The summed E-state index contributed by atoms with van der Waals surface area (Å²) < 4.78 is 11.5. The Morgan fingerprint density at radius 1 is 1.10 bits per heavy atom. The van der Waals surface area contributed by atoms with Crippen molar-refractivity contribution in [2.75, 3.05) is 26.0 Å². The lowest BCUT2D eigenvalue weighted by Crippen LogP contribution is -2.32. The molecule has 0 saturated carbocycles. The lowest BCUT2D eigenvalue weighted by molar-refractivity contribution is -0.117. The van der Waals surface area contributed by atoms with E-state index in [9.17, 15) is 4.79 Å². The molecular weight excluding hydrogens is 376 g/mol. The van der Waals surface area contributed by atoms with Crippen molar-refractivity contribution in [3.63, 3.8) is 0 Å². The number of nitrogens with zero attached hydrogens (tertiary/aromatic N) is 1. The Hall–Kier alpha value is -3.31. The highest BCUT2D eigenvalue weighted by Gasteiger charge is 2.26. The molecule has 4 aromatic rings. The molecule has 1 heterocycles. The number of methoxy groups -OCH3 is 1. The Morgan fingerprint density at radius 3 is 2.77 bits per heavy atom. The third-order valence-electron chi connectivity index (χ3n) is 6.00. The van der Waals surface area contributed by atoms with Crippen molar-refractivity contribution in [1.82, 2.24) is 4.90 Å². The monoisotopic (exact) mass is 400 g/mol. The normalized spacial score (nSPS) is 15.6. The molecule has 5 nitrogen and oxygen atoms in total. The molecule has 3 aromatic carbocycles. The summed E-state index contributed by atoms with van der Waals surface area (Å²) in [6.45, 7) is 0.306. The number of carbonyl (C=O) groups is 1. The molecule has 1 N–H and O–H groups in total. The number of nitrogens with one attached hydrogen (secondary N) is 1. The molecule has 0 bridgehead atoms. The number of ether oxygens (including phenoxy) is 1. The number of amides is 1. The van der Waals surface area contributed by atoms with Gasteiger partial charge in [0.15, 0.2) is 0 Å². The van der Waals surface area contributed by atoms with E-state index in [0.717, 1.165) is 34.8 Å². The fourth-order valence-corrected chi connectivity index (χ4v) is 4.54. The number of aryl methyl sites for hydroxylation is 1. The van der Waals surface area contributed by atoms with Gasteiger partial charge in [-0.15, -0.1) is 0 Å². The predicted molar refractivity (Wildman–Crippen MR) is 119 cm³/mol. The van der Waals surface area contributed by atoms with E-state index in [1.807, 2.05) is 43.4 Å². The van der Waals surface area contributed by atoms with Gasteiger partial charge < -0.3 is 14.5 Å². The summed E-state index contributed by atoms with van der Waals surface area (Å²) in [5.74, 6) is 0.548. The van der Waals surface area contributed by atoms with E-state index < -0.39 is 0 Å². The summed E-state index contributed by atoms with van der Waals surface area (Å²) in [5, 5.41) is 5.01. The Morgan fingerprint density at radius 2 is 1.90 bits per heavy atom. The number of likely N-dealkylation sites (N-methyl/N-ethyl adjacent to an activating group) is 1. The largest absolute Gasteiger partial charge is 0.495 e. The molecule has 1 aliphatic rings. The first-order valence-corrected chi connectivity index (χ1v) is 10.2. The minimum atomic E-state index is -0.0735. The highest BCUT2D eigenvalue weighted by atomic mass is 16.5. The van der Waals surface area contributed by atoms with Crippen LogP contribution in [-0.4, -0.2) is 31.5 Å². The lowest BCUT2D eigenvalue weighted by Gasteiger charge is -2.24. The van der Waals surface area contributed by atoms with E-state index in [1.165, 1.54) is 11.1 Å². The molecule has 152 valence electrons. The predicted octanol–water partition coefficient (Wildman–Crippen LogP) is 5.15. The molecule has 30 heavy (non-hydrogen) atoms. The summed E-state index contributed by atoms with van der Waals surface area (Å²) in [6.07, 6.45) is 2.10. The number of anilines is 1. The topological polar surface area (TPSA) is 54.7 Å². The highest BCUT2D eigenvalue weighted by Crippen LogP contribution is 2.37. The van der Waals surface area contributed by atoms with E-state index in [0.29, 0.717) is 18.0 Å². The number of para-hydroxylation sites is 1. The van der Waals surface area contributed by atoms with Gasteiger partial charge in [0, 0.05) is 22.9 Å². The van der Waals surface area contributed by atoms with E-state index in [-0.39, 0.29) is 11.9 Å². The second-order valence-electron chi connectivity index (χ2n) is 7.86. The Bertz CT molecular complexity index is 1240. The minimum Gasteiger partial charge on any atom is -0.495 e. The highest BCUT2D eigenvalue weighted by molar-refractivity contribution is 6.07. The number of hydrogen-bond acceptors (Lipinski definition) is 4. The van der Waals surface area contributed by atoms with Gasteiger partial charge in [-0.2, -0.15) is 0 Å². The van der Waals surface area contributed by atoms with Crippen LogP contribution >= 0.6 is 0 Å². The zero-order valence-corrected chi connectivity index (χ0v) is 17.1. The zero-order chi connectivity index (χ0) is 20.7. The van der Waals surface area contributed by atoms with E-state index in [1.54, 1.807) is 7.11 Å². The molecule has 0 saturated heterocycles. The Balaban J connectivity index is 1.37. The van der Waals surface area contributed by atoms with Crippen LogP contribution in [0.5, 0.6) is 5.75 Å². The Labute approximate surface area is 175 Å². The van der Waals surface area contributed by atoms with Crippen molar-refractivity contribution < 1.29 is 13.9 Å². The standard InChI is InChI=1S/C25H24N2O3/c1-27(21-12-11-16-7-3-4-8-17(16)21)15-25(28)26-20-14-23-19(13-24(20)29-2)18-9-5-6-10-22(18)30-23/h3-10,13-14,21H,11-12,15H2,1-2H3,(H,26,28). The SMILES string of the molecule is COc1cc2c(cc1NC(=O)CN(C)C1CCc3ccccc31)oc1ccccc12. The van der Waals surface area contributed by atoms with Crippen LogP contribution in [0.15, 0.2) is 65.1 Å². The number of fused-ring (bicyclic) bond motifs is 4. The van der Waals surface area contributed by atoms with Crippen LogP contribution in [-0.2, 0) is 11.2 Å². The summed E-state index contributed by atoms with van der Waals surface area (Å²) in [6, 6.07) is 20.4. The number of carbonyl (C=O) groups excluding carboxylic acids is 1. The van der Waals surface area contributed by atoms with Gasteiger partial charge in [0.1, 0.15) is 16.9 Å². The maximum Gasteiger partial charge on any atom is 0.238 e. The third kappa shape index (κ3) is 3.21. The lowest BCUT2D eigenvalue weighted by atomic mass is 10.1. The van der Waals surface area contributed by atoms with Crippen molar-refractivity contribution in [1.29, 1.82) is 0 Å². The number of rotatable bonds is 5. The molecule has 1 amide bonds. The first-order valence-electron chi connectivity index (χ1n) is 10.2. The minimum absolute atomic E-state index is 0.0735. The molecule has 5 rings (SSSR count). The number of benzene rings is 3. The second kappa shape index (κ2) is 7.50. The fraction of sp³-hybridized carbons (Fsp3) is 0.240. The Kier molecular flexibility index (Phi) is 4.68. The molecule has 1 aliphatic carbocycles. The van der Waals surface area contributed by atoms with Crippen molar-refractivity contribution in [2.45, 2.75) is 18.9 Å². The van der Waals surface area contributed by atoms with Crippen LogP contribution in [0.25, 0.3) is 21.9 Å². The van der Waals surface area contributed by atoms with E-state index in [2.05, 4.69) is 34.5 Å². The first kappa shape index (κ1) is 18.7. The van der Waals surface area contributed by atoms with Crippen molar-refractivity contribution >= 4 is 33.5 Å². The van der Waals surface area contributed by atoms with Gasteiger partial charge in [0.05, 0.1) is 19.3 Å². The molecule has 0 fully saturated rings. The van der Waals surface area contributed by atoms with Crippen molar-refractivity contribution in [3.8, 4) is 5.75 Å². The zero-order valence-electron chi connectivity index (χ0n) is 17.1. The maximum absolute atomic E-state index is 12.8. The van der Waals surface area contributed by atoms with Crippen LogP contribution in [0.4, 0.5) is 5.69 Å². The van der Waals surface area contributed by atoms with Crippen molar-refractivity contribution in [3.05, 3.63) is 71.8 Å². The van der Waals surface area contributed by atoms with Crippen LogP contribution in [0.1, 0.15) is 23.6 Å². The smallest absolute Gasteiger partial charge is 0.238 e. The van der Waals surface area contributed by atoms with Crippen LogP contribution < -0.4 is 10.1 Å². The van der Waals surface area contributed by atoms with E-state index in [4.69, 9.17) is 9.15 Å². The molecule has 0 aliphatic heterocycles. The molecule has 1 atom stereocenters. The van der Waals surface area contributed by atoms with Crippen LogP contribution in [0, 0.1) is 0 Å². The van der Waals surface area contributed by atoms with Gasteiger partial charge >= 0.3 is 0 Å². The van der Waals surface area contributed by atoms with Gasteiger partial charge in [0.2, 0.25) is 5.91 Å². The third-order valence-corrected chi connectivity index (χ3v) is 6.00. The van der Waals surface area contributed by atoms with Gasteiger partial charge in [-0.05, 0) is 43.1 Å². The molecule has 0 radical (unpaired) electrons. The summed E-state index contributed by atoms with van der Waals surface area (Å²) in [4.78, 5) is 14.9. The van der Waals surface area contributed by atoms with Gasteiger partial charge in [-0.1, -0.05) is 42.5 Å². The average Bonchev–Trinajstić information content (AvgIpc) is 3.34. The van der Waals surface area contributed by atoms with Gasteiger partial charge in [0.25, 0.3) is 0 Å². The van der Waals surface area contributed by atoms with Crippen molar-refractivity contribution in [2.24, 2.45) is 0 Å². The van der Waals surface area contributed by atoms with Crippen LogP contribution in [0.2, 0.25) is 0 Å². The molecule has 1 aromatic heterocycles. The van der Waals surface area contributed by atoms with Gasteiger partial charge in [-0.3, -0.25) is 9.69 Å². The summed E-state index contributed by atoms with van der Waals surface area (Å²) in [5.41, 5.74) is 4.87. The summed E-state index contributed by atoms with van der Waals surface area (Å²) >= 11 is 0. The van der Waals surface area contributed by atoms with Gasteiger partial charge in [-0.25, -0.2) is 0 Å². The number of furan rings is 1. The molecule has 5 heteroatoms. The van der Waals surface area contributed by atoms with Crippen LogP contribution in [0.3, 0.4) is 0 Å². The second-order valence-corrected chi connectivity index (χ2v) is 7.86. The van der Waals surface area contributed by atoms with E-state index >= 15 is 0 Å². The molecule has 1 unspecified atom stereocenters. The molecule has 0 spiro atoms. The number of hydrogen-bond donors (Lipinski definition) is 1. The quantitative estimate of drug-likeness (QED) is 0.503.